The van der Waals surface area contributed by atoms with Crippen LogP contribution in [0.1, 0.15) is 30.7 Å². The number of fused-ring (bicyclic) bond motifs is 1. The van der Waals surface area contributed by atoms with Gasteiger partial charge in [-0.25, -0.2) is 15.0 Å². The molecule has 2 aliphatic rings. The lowest BCUT2D eigenvalue weighted by Gasteiger charge is -2.28. The number of likely N-dealkylation sites (tertiary alicyclic amines) is 1. The van der Waals surface area contributed by atoms with Crippen molar-refractivity contribution in [3.05, 3.63) is 35.9 Å². The van der Waals surface area contributed by atoms with Crippen LogP contribution in [-0.2, 0) is 22.3 Å². The summed E-state index contributed by atoms with van der Waals surface area (Å²) in [6.07, 6.45) is 0.790. The Labute approximate surface area is 229 Å². The van der Waals surface area contributed by atoms with Crippen molar-refractivity contribution in [1.82, 2.24) is 29.3 Å². The number of nitrogens with zero attached hydrogens (tertiary/aromatic N) is 7. The number of piperidine rings is 1. The lowest BCUT2D eigenvalue weighted by Crippen LogP contribution is -2.42. The predicted molar refractivity (Wildman–Crippen MR) is 138 cm³/mol. The number of pyridine rings is 1. The predicted octanol–water partition coefficient (Wildman–Crippen LogP) is 3.35. The van der Waals surface area contributed by atoms with Gasteiger partial charge in [0.25, 0.3) is 0 Å². The van der Waals surface area contributed by atoms with E-state index in [1.54, 1.807) is 21.7 Å². The second kappa shape index (κ2) is 11.8. The highest BCUT2D eigenvalue weighted by molar-refractivity contribution is 5.92. The van der Waals surface area contributed by atoms with Crippen LogP contribution in [0, 0.1) is 17.2 Å². The highest BCUT2D eigenvalue weighted by Gasteiger charge is 2.36. The molecule has 0 aromatic carbocycles. The van der Waals surface area contributed by atoms with Gasteiger partial charge in [0.2, 0.25) is 17.6 Å². The topological polar surface area (TPSA) is 109 Å². The molecule has 10 nitrogen and oxygen atoms in total. The number of rotatable bonds is 7. The van der Waals surface area contributed by atoms with E-state index in [1.807, 2.05) is 6.07 Å². The Kier molecular flexibility index (Phi) is 8.18. The molecule has 3 aromatic heterocycles. The number of hydrogen-bond donors (Lipinski definition) is 0. The number of carbonyl (C=O) groups excluding carboxylic acids is 1. The van der Waals surface area contributed by atoms with Crippen LogP contribution in [0.4, 0.5) is 13.2 Å². The summed E-state index contributed by atoms with van der Waals surface area (Å²) >= 11 is 0. The lowest BCUT2D eigenvalue weighted by molar-refractivity contribution is -0.139. The smallest absolute Gasteiger partial charge is 0.421 e. The normalized spacial score (nSPS) is 17.2. The lowest BCUT2D eigenvalue weighted by atomic mass is 9.94. The highest BCUT2D eigenvalue weighted by Crippen LogP contribution is 2.38. The fraction of sp³-hybridized carbons (Fsp3) is 0.519. The molecule has 0 spiro atoms. The monoisotopic (exact) mass is 557 g/mol. The summed E-state index contributed by atoms with van der Waals surface area (Å²) in [5.74, 6) is -0.457. The van der Waals surface area contributed by atoms with Gasteiger partial charge in [0.05, 0.1) is 25.5 Å². The summed E-state index contributed by atoms with van der Waals surface area (Å²) in [5.41, 5.74) is -0.554. The number of hydrogen-bond acceptors (Lipinski definition) is 8. The molecule has 0 unspecified atom stereocenters. The molecule has 2 saturated heterocycles. The van der Waals surface area contributed by atoms with Gasteiger partial charge < -0.3 is 23.8 Å². The van der Waals surface area contributed by atoms with Gasteiger partial charge in [-0.1, -0.05) is 0 Å². The molecule has 0 N–H and O–H groups in total. The second-order valence-electron chi connectivity index (χ2n) is 10.1. The Morgan fingerprint density at radius 3 is 2.65 bits per heavy atom. The number of halogens is 3. The van der Waals surface area contributed by atoms with E-state index in [4.69, 9.17) is 9.47 Å². The molecule has 212 valence electrons. The van der Waals surface area contributed by atoms with Crippen molar-refractivity contribution in [2.45, 2.75) is 32.0 Å². The fourth-order valence-corrected chi connectivity index (χ4v) is 5.09. The van der Waals surface area contributed by atoms with E-state index in [-0.39, 0.29) is 41.8 Å². The van der Waals surface area contributed by atoms with Crippen LogP contribution in [-0.4, -0.2) is 88.3 Å². The molecule has 5 rings (SSSR count). The molecule has 1 amide bonds. The molecule has 0 atom stereocenters. The van der Waals surface area contributed by atoms with Gasteiger partial charge in [0.1, 0.15) is 23.8 Å². The minimum absolute atomic E-state index is 0.0407. The number of amides is 1. The van der Waals surface area contributed by atoms with Crippen molar-refractivity contribution in [1.29, 1.82) is 5.26 Å². The minimum Gasteiger partial charge on any atom is -0.477 e. The van der Waals surface area contributed by atoms with Crippen molar-refractivity contribution in [3.8, 4) is 23.2 Å². The standard InChI is InChI=1S/C27H30F3N7O3/c1-35-6-2-18(3-7-35)5-11-40-26-21(27(28,29)30)14-19(16-32-26)24-20-4-8-37(25(20)34-22(15-31)33-24)17-23(38)36-9-12-39-13-10-36/h4,8,14,16,18H,2-3,5-7,9-13,17H2,1H3. The molecule has 13 heteroatoms. The van der Waals surface area contributed by atoms with Gasteiger partial charge in [-0.15, -0.1) is 0 Å². The van der Waals surface area contributed by atoms with E-state index >= 15 is 0 Å². The van der Waals surface area contributed by atoms with E-state index in [0.717, 1.165) is 32.0 Å². The molecule has 5 heterocycles. The van der Waals surface area contributed by atoms with E-state index in [1.165, 1.54) is 6.20 Å². The minimum atomic E-state index is -4.72. The van der Waals surface area contributed by atoms with E-state index < -0.39 is 17.6 Å². The number of nitriles is 1. The zero-order valence-corrected chi connectivity index (χ0v) is 22.2. The molecule has 0 aliphatic carbocycles. The molecular formula is C27H30F3N7O3. The largest absolute Gasteiger partial charge is 0.477 e. The summed E-state index contributed by atoms with van der Waals surface area (Å²) in [5, 5.41) is 9.94. The third-order valence-electron chi connectivity index (χ3n) is 7.42. The van der Waals surface area contributed by atoms with E-state index in [2.05, 4.69) is 26.9 Å². The maximum atomic E-state index is 14.1. The van der Waals surface area contributed by atoms with E-state index in [9.17, 15) is 23.2 Å². The van der Waals surface area contributed by atoms with Gasteiger partial charge in [-0.3, -0.25) is 4.79 Å². The van der Waals surface area contributed by atoms with E-state index in [0.29, 0.717) is 44.0 Å². The first-order valence-electron chi connectivity index (χ1n) is 13.2. The summed E-state index contributed by atoms with van der Waals surface area (Å²) in [4.78, 5) is 29.2. The number of aromatic nitrogens is 4. The number of morpholine rings is 1. The van der Waals surface area contributed by atoms with Gasteiger partial charge >= 0.3 is 6.18 Å². The Hall–Kier alpha value is -3.76. The molecule has 2 aliphatic heterocycles. The van der Waals surface area contributed by atoms with Crippen molar-refractivity contribution < 1.29 is 27.4 Å². The van der Waals surface area contributed by atoms with Crippen molar-refractivity contribution in [2.75, 3.05) is 53.0 Å². The van der Waals surface area contributed by atoms with Crippen LogP contribution in [0.15, 0.2) is 24.5 Å². The summed E-state index contributed by atoms with van der Waals surface area (Å²) in [6.45, 7) is 3.88. The third kappa shape index (κ3) is 6.18. The molecule has 0 bridgehead atoms. The molecule has 2 fully saturated rings. The van der Waals surface area contributed by atoms with Crippen molar-refractivity contribution >= 4 is 16.9 Å². The molecule has 0 saturated carbocycles. The quantitative estimate of drug-likeness (QED) is 0.435. The molecule has 0 radical (unpaired) electrons. The SMILES string of the molecule is CN1CCC(CCOc2ncc(-c3nc(C#N)nc4c3ccn4CC(=O)N3CCOCC3)cc2C(F)(F)F)CC1. The maximum absolute atomic E-state index is 14.1. The number of alkyl halides is 3. The maximum Gasteiger partial charge on any atom is 0.421 e. The summed E-state index contributed by atoms with van der Waals surface area (Å²) in [7, 11) is 2.05. The molecule has 40 heavy (non-hydrogen) atoms. The van der Waals surface area contributed by atoms with Gasteiger partial charge in [0.15, 0.2) is 0 Å². The Morgan fingerprint density at radius 1 is 1.20 bits per heavy atom. The summed E-state index contributed by atoms with van der Waals surface area (Å²) in [6, 6.07) is 4.43. The van der Waals surface area contributed by atoms with Gasteiger partial charge in [0, 0.05) is 36.4 Å². The Bertz CT molecular complexity index is 1400. The molecule has 3 aromatic rings. The highest BCUT2D eigenvalue weighted by atomic mass is 19.4. The zero-order chi connectivity index (χ0) is 28.3. The van der Waals surface area contributed by atoms with Gasteiger partial charge in [-0.05, 0) is 57.5 Å². The zero-order valence-electron chi connectivity index (χ0n) is 22.2. The Balaban J connectivity index is 1.41. The first kappa shape index (κ1) is 27.8. The Morgan fingerprint density at radius 2 is 1.95 bits per heavy atom. The number of carbonyl (C=O) groups is 1. The first-order valence-corrected chi connectivity index (χ1v) is 13.2. The van der Waals surface area contributed by atoms with Gasteiger partial charge in [-0.2, -0.15) is 18.4 Å². The second-order valence-corrected chi connectivity index (χ2v) is 10.1. The average Bonchev–Trinajstić information content (AvgIpc) is 3.36. The third-order valence-corrected chi connectivity index (χ3v) is 7.42. The van der Waals surface area contributed by atoms with Crippen LogP contribution in [0.2, 0.25) is 0 Å². The van der Waals surface area contributed by atoms with Crippen LogP contribution < -0.4 is 4.74 Å². The fourth-order valence-electron chi connectivity index (χ4n) is 5.09. The van der Waals surface area contributed by atoms with Crippen LogP contribution in [0.5, 0.6) is 5.88 Å². The van der Waals surface area contributed by atoms with Crippen molar-refractivity contribution in [3.63, 3.8) is 0 Å². The molecular weight excluding hydrogens is 527 g/mol. The first-order chi connectivity index (χ1) is 19.2. The average molecular weight is 558 g/mol. The summed E-state index contributed by atoms with van der Waals surface area (Å²) < 4.78 is 54.7. The van der Waals surface area contributed by atoms with Crippen LogP contribution in [0.25, 0.3) is 22.3 Å². The van der Waals surface area contributed by atoms with Crippen LogP contribution in [0.3, 0.4) is 0 Å². The van der Waals surface area contributed by atoms with Crippen LogP contribution >= 0.6 is 0 Å². The van der Waals surface area contributed by atoms with Crippen molar-refractivity contribution in [2.24, 2.45) is 5.92 Å². The number of ether oxygens (including phenoxy) is 2.